The highest BCUT2D eigenvalue weighted by Gasteiger charge is 2.37. The minimum Gasteiger partial charge on any atom is -0.467 e. The zero-order valence-electron chi connectivity index (χ0n) is 29.5. The number of ether oxygens (including phenoxy) is 3. The third-order valence-electron chi connectivity index (χ3n) is 7.94. The lowest BCUT2D eigenvalue weighted by Crippen LogP contribution is -2.60. The normalized spacial score (nSPS) is 13.5. The van der Waals surface area contributed by atoms with Crippen molar-refractivity contribution in [2.24, 2.45) is 0 Å². The Morgan fingerprint density at radius 3 is 1.90 bits per heavy atom. The molecule has 0 saturated heterocycles. The third-order valence-corrected chi connectivity index (χ3v) is 7.94. The van der Waals surface area contributed by atoms with E-state index < -0.39 is 79.0 Å². The Balaban J connectivity index is 1.85. The van der Waals surface area contributed by atoms with Gasteiger partial charge in [0.25, 0.3) is 5.91 Å². The molecule has 3 N–H and O–H groups in total. The zero-order valence-corrected chi connectivity index (χ0v) is 29.5. The monoisotopic (exact) mass is 716 g/mol. The number of benzene rings is 3. The number of rotatable bonds is 19. The first-order valence-electron chi connectivity index (χ1n) is 16.6. The molecule has 0 heterocycles. The summed E-state index contributed by atoms with van der Waals surface area (Å²) < 4.78 is 15.8. The van der Waals surface area contributed by atoms with Gasteiger partial charge in [-0.3, -0.25) is 28.9 Å². The molecule has 0 radical (unpaired) electrons. The van der Waals surface area contributed by atoms with E-state index in [4.69, 9.17) is 14.2 Å². The number of amides is 4. The van der Waals surface area contributed by atoms with Crippen molar-refractivity contribution < 1.29 is 47.8 Å². The van der Waals surface area contributed by atoms with Crippen LogP contribution in [0.25, 0.3) is 0 Å². The van der Waals surface area contributed by atoms with Crippen molar-refractivity contribution in [1.82, 2.24) is 20.9 Å². The van der Waals surface area contributed by atoms with E-state index in [-0.39, 0.29) is 13.0 Å². The van der Waals surface area contributed by atoms with Gasteiger partial charge in [0, 0.05) is 25.3 Å². The summed E-state index contributed by atoms with van der Waals surface area (Å²) in [6.45, 7) is 3.55. The second-order valence-corrected chi connectivity index (χ2v) is 11.8. The van der Waals surface area contributed by atoms with E-state index in [9.17, 15) is 33.6 Å². The van der Waals surface area contributed by atoms with Crippen LogP contribution in [-0.2, 0) is 56.0 Å². The van der Waals surface area contributed by atoms with E-state index >= 15 is 0 Å². The number of nitrogens with one attached hydrogen (secondary N) is 3. The molecule has 0 aliphatic heterocycles. The van der Waals surface area contributed by atoms with Crippen molar-refractivity contribution in [3.63, 3.8) is 0 Å². The fourth-order valence-electron chi connectivity index (χ4n) is 5.07. The number of nitrogens with zero attached hydrogens (tertiary/aromatic N) is 1. The topological polar surface area (TPSA) is 187 Å². The molecule has 0 aliphatic rings. The number of hydrogen-bond donors (Lipinski definition) is 3. The number of carbonyl (C=O) groups excluding carboxylic acids is 7. The van der Waals surface area contributed by atoms with Crippen molar-refractivity contribution in [2.45, 2.75) is 70.5 Å². The summed E-state index contributed by atoms with van der Waals surface area (Å²) in [6.07, 6.45) is -0.982. The van der Waals surface area contributed by atoms with E-state index in [1.54, 1.807) is 67.6 Å². The standard InChI is InChI=1S/C38H44N4O10/c1-25(39-36(47)33(41-35(46)30-18-12-7-13-19-30)26(2)51-23-29-16-10-6-11-17-29)34(45)40-31(22-28-14-8-5-9-15-28)37(48)42(24-52-27(3)44)32(20-21-43)38(49)50-4/h5-19,21,25-26,31-33H,20,22-24H2,1-4H3,(H,39,47)(H,40,45)(H,41,46). The molecule has 0 bridgehead atoms. The Morgan fingerprint density at radius 2 is 1.35 bits per heavy atom. The molecule has 3 aromatic rings. The van der Waals surface area contributed by atoms with Crippen molar-refractivity contribution in [2.75, 3.05) is 13.8 Å². The summed E-state index contributed by atoms with van der Waals surface area (Å²) >= 11 is 0. The molecule has 14 heteroatoms. The molecule has 0 spiro atoms. The zero-order chi connectivity index (χ0) is 38.0. The van der Waals surface area contributed by atoms with Crippen LogP contribution in [0.4, 0.5) is 0 Å². The number of methoxy groups -OCH3 is 1. The first-order chi connectivity index (χ1) is 24.9. The molecule has 5 atom stereocenters. The molecule has 0 aromatic heterocycles. The van der Waals surface area contributed by atoms with Gasteiger partial charge in [-0.2, -0.15) is 0 Å². The number of carbonyl (C=O) groups is 7. The molecule has 276 valence electrons. The van der Waals surface area contributed by atoms with Gasteiger partial charge >= 0.3 is 11.9 Å². The van der Waals surface area contributed by atoms with Crippen LogP contribution in [0.3, 0.4) is 0 Å². The van der Waals surface area contributed by atoms with Crippen LogP contribution in [0.2, 0.25) is 0 Å². The van der Waals surface area contributed by atoms with Crippen LogP contribution < -0.4 is 16.0 Å². The average Bonchev–Trinajstić information content (AvgIpc) is 3.15. The van der Waals surface area contributed by atoms with Crippen molar-refractivity contribution >= 4 is 41.9 Å². The maximum absolute atomic E-state index is 14.1. The lowest BCUT2D eigenvalue weighted by atomic mass is 10.0. The second-order valence-electron chi connectivity index (χ2n) is 11.8. The van der Waals surface area contributed by atoms with Gasteiger partial charge in [0.05, 0.1) is 19.8 Å². The highest BCUT2D eigenvalue weighted by atomic mass is 16.5. The van der Waals surface area contributed by atoms with E-state index in [0.717, 1.165) is 24.5 Å². The molecule has 0 aliphatic carbocycles. The minimum absolute atomic E-state index is 0.0717. The smallest absolute Gasteiger partial charge is 0.329 e. The van der Waals surface area contributed by atoms with E-state index in [0.29, 0.717) is 17.4 Å². The maximum Gasteiger partial charge on any atom is 0.329 e. The Labute approximate surface area is 302 Å². The van der Waals surface area contributed by atoms with Gasteiger partial charge in [-0.05, 0) is 37.1 Å². The first-order valence-corrected chi connectivity index (χ1v) is 16.6. The first kappa shape index (κ1) is 40.5. The highest BCUT2D eigenvalue weighted by molar-refractivity contribution is 5.99. The van der Waals surface area contributed by atoms with Gasteiger partial charge in [-0.15, -0.1) is 0 Å². The molecule has 0 fully saturated rings. The average molecular weight is 717 g/mol. The summed E-state index contributed by atoms with van der Waals surface area (Å²) in [5.41, 5.74) is 1.78. The summed E-state index contributed by atoms with van der Waals surface area (Å²) in [4.78, 5) is 91.3. The predicted molar refractivity (Wildman–Crippen MR) is 188 cm³/mol. The summed E-state index contributed by atoms with van der Waals surface area (Å²) in [5, 5.41) is 7.93. The van der Waals surface area contributed by atoms with Gasteiger partial charge in [0.15, 0.2) is 6.73 Å². The van der Waals surface area contributed by atoms with Crippen LogP contribution in [0.5, 0.6) is 0 Å². The largest absolute Gasteiger partial charge is 0.467 e. The molecule has 3 aromatic carbocycles. The van der Waals surface area contributed by atoms with Crippen LogP contribution in [0.15, 0.2) is 91.0 Å². The van der Waals surface area contributed by atoms with Gasteiger partial charge in [-0.25, -0.2) is 4.79 Å². The summed E-state index contributed by atoms with van der Waals surface area (Å²) in [7, 11) is 1.07. The fourth-order valence-corrected chi connectivity index (χ4v) is 5.07. The van der Waals surface area contributed by atoms with E-state index in [1.165, 1.54) is 6.92 Å². The van der Waals surface area contributed by atoms with E-state index in [1.807, 2.05) is 30.3 Å². The lowest BCUT2D eigenvalue weighted by molar-refractivity contribution is -0.164. The molecule has 3 rings (SSSR count). The molecule has 5 unspecified atom stereocenters. The lowest BCUT2D eigenvalue weighted by Gasteiger charge is -2.32. The molecule has 4 amide bonds. The van der Waals surface area contributed by atoms with Gasteiger partial charge in [-0.1, -0.05) is 78.9 Å². The minimum atomic E-state index is -1.46. The quantitative estimate of drug-likeness (QED) is 0.0943. The van der Waals surface area contributed by atoms with Gasteiger partial charge < -0.3 is 35.0 Å². The van der Waals surface area contributed by atoms with Crippen LogP contribution in [0, 0.1) is 0 Å². The third kappa shape index (κ3) is 12.5. The summed E-state index contributed by atoms with van der Waals surface area (Å²) in [6, 6.07) is 20.9. The van der Waals surface area contributed by atoms with Crippen LogP contribution in [0.1, 0.15) is 48.7 Å². The van der Waals surface area contributed by atoms with Gasteiger partial charge in [0.1, 0.15) is 30.5 Å². The Bertz CT molecular complexity index is 1660. The molecular formula is C38H44N4O10. The Morgan fingerprint density at radius 1 is 0.769 bits per heavy atom. The van der Waals surface area contributed by atoms with Crippen molar-refractivity contribution in [1.29, 1.82) is 0 Å². The Hall–Kier alpha value is -5.89. The van der Waals surface area contributed by atoms with Crippen molar-refractivity contribution in [3.05, 3.63) is 108 Å². The molecule has 14 nitrogen and oxygen atoms in total. The van der Waals surface area contributed by atoms with Crippen molar-refractivity contribution in [3.8, 4) is 0 Å². The van der Waals surface area contributed by atoms with Crippen LogP contribution >= 0.6 is 0 Å². The van der Waals surface area contributed by atoms with Crippen LogP contribution in [-0.4, -0.2) is 90.9 Å². The SMILES string of the molecule is COC(=O)C(CC=O)N(COC(C)=O)C(=O)C(Cc1ccccc1)NC(=O)C(C)NC(=O)C(NC(=O)c1ccccc1)C(C)OCc1ccccc1. The molecule has 0 saturated carbocycles. The highest BCUT2D eigenvalue weighted by Crippen LogP contribution is 2.14. The molecule has 52 heavy (non-hydrogen) atoms. The second kappa shape index (κ2) is 20.7. The Kier molecular flexibility index (Phi) is 16.1. The maximum atomic E-state index is 14.1. The number of aldehydes is 1. The predicted octanol–water partition coefficient (Wildman–Crippen LogP) is 2.10. The number of esters is 2. The van der Waals surface area contributed by atoms with Gasteiger partial charge in [0.2, 0.25) is 17.7 Å². The fraction of sp³-hybridized carbons (Fsp3) is 0.342. The van der Waals surface area contributed by atoms with E-state index in [2.05, 4.69) is 16.0 Å². The molecular weight excluding hydrogens is 672 g/mol. The number of hydrogen-bond acceptors (Lipinski definition) is 10. The summed E-state index contributed by atoms with van der Waals surface area (Å²) in [5.74, 6) is -4.61.